The van der Waals surface area contributed by atoms with Gasteiger partial charge in [0.1, 0.15) is 0 Å². The van der Waals surface area contributed by atoms with E-state index in [0.717, 1.165) is 6.07 Å². The molecule has 0 atom stereocenters. The summed E-state index contributed by atoms with van der Waals surface area (Å²) < 4.78 is 25.7. The average molecular weight is 260 g/mol. The standard InChI is InChI=1S/C11H8ClF2NO2/c12-4-8-2-6(5-15)1-7(3-9(16)17)10(8)11(13)14/h1-2,11H,3-4H2,(H,16,17). The molecule has 0 aliphatic rings. The summed E-state index contributed by atoms with van der Waals surface area (Å²) in [6.45, 7) is 0. The molecule has 1 rings (SSSR count). The summed E-state index contributed by atoms with van der Waals surface area (Å²) in [5, 5.41) is 17.4. The van der Waals surface area contributed by atoms with Gasteiger partial charge in [-0.2, -0.15) is 5.26 Å². The molecule has 90 valence electrons. The lowest BCUT2D eigenvalue weighted by Gasteiger charge is -2.12. The van der Waals surface area contributed by atoms with Gasteiger partial charge in [-0.15, -0.1) is 11.6 Å². The Bertz CT molecular complexity index is 483. The van der Waals surface area contributed by atoms with Gasteiger partial charge in [-0.3, -0.25) is 4.79 Å². The first-order valence-corrected chi connectivity index (χ1v) is 5.14. The zero-order valence-corrected chi connectivity index (χ0v) is 9.34. The normalized spacial score (nSPS) is 10.3. The maximum atomic E-state index is 12.8. The molecule has 0 heterocycles. The number of benzene rings is 1. The summed E-state index contributed by atoms with van der Waals surface area (Å²) in [6, 6.07) is 4.19. The van der Waals surface area contributed by atoms with Crippen LogP contribution in [-0.4, -0.2) is 11.1 Å². The first-order valence-electron chi connectivity index (χ1n) is 4.61. The fraction of sp³-hybridized carbons (Fsp3) is 0.273. The van der Waals surface area contributed by atoms with Crippen LogP contribution in [0.2, 0.25) is 0 Å². The number of nitriles is 1. The van der Waals surface area contributed by atoms with Crippen molar-refractivity contribution in [1.82, 2.24) is 0 Å². The quantitative estimate of drug-likeness (QED) is 0.846. The summed E-state index contributed by atoms with van der Waals surface area (Å²) in [6.07, 6.45) is -3.37. The van der Waals surface area contributed by atoms with E-state index in [1.54, 1.807) is 6.07 Å². The number of carboxylic acid groups (broad SMARTS) is 1. The third-order valence-corrected chi connectivity index (χ3v) is 2.47. The van der Waals surface area contributed by atoms with Gasteiger partial charge in [0.2, 0.25) is 0 Å². The Kier molecular flexibility index (Phi) is 4.41. The summed E-state index contributed by atoms with van der Waals surface area (Å²) >= 11 is 5.52. The van der Waals surface area contributed by atoms with E-state index in [1.165, 1.54) is 6.07 Å². The van der Waals surface area contributed by atoms with Gasteiger partial charge in [0.05, 0.1) is 18.1 Å². The van der Waals surface area contributed by atoms with Crippen LogP contribution in [0, 0.1) is 11.3 Å². The van der Waals surface area contributed by atoms with Crippen LogP contribution in [0.5, 0.6) is 0 Å². The topological polar surface area (TPSA) is 61.1 Å². The van der Waals surface area contributed by atoms with Crippen LogP contribution in [0.1, 0.15) is 28.7 Å². The van der Waals surface area contributed by atoms with Crippen LogP contribution in [0.4, 0.5) is 8.78 Å². The summed E-state index contributed by atoms with van der Waals surface area (Å²) in [5.74, 6) is -1.43. The van der Waals surface area contributed by atoms with Gasteiger partial charge in [-0.05, 0) is 23.3 Å². The number of carboxylic acids is 1. The van der Waals surface area contributed by atoms with Crippen LogP contribution in [0.25, 0.3) is 0 Å². The van der Waals surface area contributed by atoms with Gasteiger partial charge in [0.15, 0.2) is 0 Å². The molecule has 1 aromatic carbocycles. The first-order chi connectivity index (χ1) is 7.99. The summed E-state index contributed by atoms with van der Waals surface area (Å²) in [4.78, 5) is 10.6. The van der Waals surface area contributed by atoms with Crippen molar-refractivity contribution >= 4 is 17.6 Å². The smallest absolute Gasteiger partial charge is 0.307 e. The van der Waals surface area contributed by atoms with Crippen LogP contribution in [0.15, 0.2) is 12.1 Å². The Morgan fingerprint density at radius 2 is 2.06 bits per heavy atom. The van der Waals surface area contributed by atoms with Gasteiger partial charge >= 0.3 is 5.97 Å². The molecule has 1 aromatic rings. The minimum absolute atomic E-state index is 0.0674. The number of carbonyl (C=O) groups is 1. The van der Waals surface area contributed by atoms with Crippen molar-refractivity contribution in [3.63, 3.8) is 0 Å². The molecule has 0 bridgehead atoms. The highest BCUT2D eigenvalue weighted by molar-refractivity contribution is 6.17. The molecule has 1 N–H and O–H groups in total. The van der Waals surface area contributed by atoms with Crippen molar-refractivity contribution < 1.29 is 18.7 Å². The number of rotatable bonds is 4. The molecule has 6 heteroatoms. The fourth-order valence-corrected chi connectivity index (χ4v) is 1.76. The van der Waals surface area contributed by atoms with E-state index < -0.39 is 18.8 Å². The van der Waals surface area contributed by atoms with E-state index >= 15 is 0 Å². The maximum Gasteiger partial charge on any atom is 0.307 e. The van der Waals surface area contributed by atoms with Crippen LogP contribution in [0.3, 0.4) is 0 Å². The summed E-state index contributed by atoms with van der Waals surface area (Å²) in [5.41, 5.74) is -0.234. The minimum Gasteiger partial charge on any atom is -0.481 e. The zero-order valence-electron chi connectivity index (χ0n) is 8.58. The Hall–Kier alpha value is -1.67. The summed E-state index contributed by atoms with van der Waals surface area (Å²) in [7, 11) is 0. The Morgan fingerprint density at radius 1 is 1.47 bits per heavy atom. The van der Waals surface area contributed by atoms with Crippen molar-refractivity contribution in [1.29, 1.82) is 5.26 Å². The number of hydrogen-bond acceptors (Lipinski definition) is 2. The van der Waals surface area contributed by atoms with Crippen molar-refractivity contribution in [3.05, 3.63) is 34.4 Å². The molecule has 0 unspecified atom stereocenters. The Balaban J connectivity index is 3.41. The molecule has 0 aromatic heterocycles. The second kappa shape index (κ2) is 5.60. The third-order valence-electron chi connectivity index (χ3n) is 2.18. The number of aliphatic carboxylic acids is 1. The molecule has 0 amide bonds. The molecule has 0 aliphatic carbocycles. The molecular formula is C11H8ClF2NO2. The van der Waals surface area contributed by atoms with Gasteiger partial charge in [0, 0.05) is 11.4 Å². The monoisotopic (exact) mass is 259 g/mol. The van der Waals surface area contributed by atoms with Crippen molar-refractivity contribution in [2.24, 2.45) is 0 Å². The number of nitrogens with zero attached hydrogens (tertiary/aromatic N) is 1. The fourth-order valence-electron chi connectivity index (χ4n) is 1.54. The molecule has 0 saturated heterocycles. The molecule has 0 saturated carbocycles. The first kappa shape index (κ1) is 13.4. The second-order valence-electron chi connectivity index (χ2n) is 3.32. The van der Waals surface area contributed by atoms with E-state index in [2.05, 4.69) is 0 Å². The number of hydrogen-bond donors (Lipinski definition) is 1. The van der Waals surface area contributed by atoms with E-state index in [-0.39, 0.29) is 28.1 Å². The van der Waals surface area contributed by atoms with Crippen molar-refractivity contribution in [2.45, 2.75) is 18.7 Å². The molecule has 0 radical (unpaired) electrons. The predicted octanol–water partition coefficient (Wildman–Crippen LogP) is 2.86. The van der Waals surface area contributed by atoms with Gasteiger partial charge in [-0.1, -0.05) is 0 Å². The van der Waals surface area contributed by atoms with Crippen molar-refractivity contribution in [2.75, 3.05) is 0 Å². The lowest BCUT2D eigenvalue weighted by molar-refractivity contribution is -0.136. The second-order valence-corrected chi connectivity index (χ2v) is 3.59. The lowest BCUT2D eigenvalue weighted by atomic mass is 9.97. The molecule has 0 fully saturated rings. The Morgan fingerprint density at radius 3 is 2.47 bits per heavy atom. The van der Waals surface area contributed by atoms with Gasteiger partial charge in [-0.25, -0.2) is 8.78 Å². The molecule has 3 nitrogen and oxygen atoms in total. The lowest BCUT2D eigenvalue weighted by Crippen LogP contribution is -2.07. The van der Waals surface area contributed by atoms with E-state index in [0.29, 0.717) is 0 Å². The zero-order chi connectivity index (χ0) is 13.0. The van der Waals surface area contributed by atoms with Crippen LogP contribution in [-0.2, 0) is 17.1 Å². The number of alkyl halides is 3. The van der Waals surface area contributed by atoms with Crippen LogP contribution >= 0.6 is 11.6 Å². The van der Waals surface area contributed by atoms with E-state index in [9.17, 15) is 13.6 Å². The van der Waals surface area contributed by atoms with Crippen LogP contribution < -0.4 is 0 Å². The Labute approximate surface area is 101 Å². The predicted molar refractivity (Wildman–Crippen MR) is 57.0 cm³/mol. The van der Waals surface area contributed by atoms with Gasteiger partial charge in [0.25, 0.3) is 6.43 Å². The highest BCUT2D eigenvalue weighted by Gasteiger charge is 2.20. The SMILES string of the molecule is N#Cc1cc(CCl)c(C(F)F)c(CC(=O)O)c1. The van der Waals surface area contributed by atoms with Crippen molar-refractivity contribution in [3.8, 4) is 6.07 Å². The number of halogens is 3. The molecule has 0 aliphatic heterocycles. The minimum atomic E-state index is -2.81. The largest absolute Gasteiger partial charge is 0.481 e. The third kappa shape index (κ3) is 3.14. The highest BCUT2D eigenvalue weighted by Crippen LogP contribution is 2.29. The molecular weight excluding hydrogens is 252 g/mol. The highest BCUT2D eigenvalue weighted by atomic mass is 35.5. The molecule has 17 heavy (non-hydrogen) atoms. The van der Waals surface area contributed by atoms with Gasteiger partial charge < -0.3 is 5.11 Å². The maximum absolute atomic E-state index is 12.8. The molecule has 0 spiro atoms. The van der Waals surface area contributed by atoms with E-state index in [4.69, 9.17) is 22.0 Å². The van der Waals surface area contributed by atoms with E-state index in [1.807, 2.05) is 0 Å². The average Bonchev–Trinajstić information content (AvgIpc) is 2.26.